The fourth-order valence-electron chi connectivity index (χ4n) is 2.39. The highest BCUT2D eigenvalue weighted by molar-refractivity contribution is 5.86. The van der Waals surface area contributed by atoms with Gasteiger partial charge >= 0.3 is 0 Å². The maximum Gasteiger partial charge on any atom is 0.240 e. The summed E-state index contributed by atoms with van der Waals surface area (Å²) in [4.78, 5) is 12.1. The van der Waals surface area contributed by atoms with Gasteiger partial charge in [0, 0.05) is 29.7 Å². The number of nitrogens with one attached hydrogen (secondary N) is 2. The normalized spacial score (nSPS) is 12.8. The number of hydrogen-bond acceptors (Lipinski definition) is 2. The first kappa shape index (κ1) is 15.6. The van der Waals surface area contributed by atoms with Gasteiger partial charge in [-0.15, -0.1) is 0 Å². The van der Waals surface area contributed by atoms with Crippen molar-refractivity contribution in [1.82, 2.24) is 15.2 Å². The zero-order valence-electron chi connectivity index (χ0n) is 13.3. The van der Waals surface area contributed by atoms with Gasteiger partial charge in [-0.3, -0.25) is 4.79 Å². The molecule has 2 aromatic rings. The fraction of sp³-hybridized carbons (Fsp3) is 0.471. The minimum atomic E-state index is 0.0627. The van der Waals surface area contributed by atoms with Gasteiger partial charge in [0.1, 0.15) is 6.54 Å². The summed E-state index contributed by atoms with van der Waals surface area (Å²) < 4.78 is 2.01. The maximum atomic E-state index is 12.1. The van der Waals surface area contributed by atoms with E-state index in [0.717, 1.165) is 12.1 Å². The van der Waals surface area contributed by atoms with Gasteiger partial charge in [0.05, 0.1) is 0 Å². The van der Waals surface area contributed by atoms with Gasteiger partial charge in [-0.25, -0.2) is 0 Å². The van der Waals surface area contributed by atoms with Crippen LogP contribution in [0.15, 0.2) is 30.5 Å². The molecule has 1 atom stereocenters. The number of carbonyl (C=O) groups is 1. The Morgan fingerprint density at radius 3 is 2.67 bits per heavy atom. The van der Waals surface area contributed by atoms with E-state index < -0.39 is 0 Å². The van der Waals surface area contributed by atoms with E-state index in [1.54, 1.807) is 0 Å². The molecule has 0 aliphatic rings. The highest BCUT2D eigenvalue weighted by atomic mass is 16.2. The smallest absolute Gasteiger partial charge is 0.240 e. The van der Waals surface area contributed by atoms with Crippen LogP contribution in [0.25, 0.3) is 10.9 Å². The molecule has 2 N–H and O–H groups in total. The topological polar surface area (TPSA) is 46.1 Å². The summed E-state index contributed by atoms with van der Waals surface area (Å²) in [5.41, 5.74) is 2.36. The van der Waals surface area contributed by atoms with Crippen LogP contribution in [0.1, 0.15) is 26.3 Å². The third-order valence-electron chi connectivity index (χ3n) is 3.97. The number of rotatable bonds is 6. The average Bonchev–Trinajstić information content (AvgIpc) is 2.83. The molecule has 1 heterocycles. The molecule has 0 spiro atoms. The first-order valence-electron chi connectivity index (χ1n) is 7.53. The van der Waals surface area contributed by atoms with Crippen LogP contribution >= 0.6 is 0 Å². The molecule has 21 heavy (non-hydrogen) atoms. The SMILES string of the molecule is CNCc1cccc2c1ccn2CC(=O)NC(C)C(C)C. The average molecular weight is 287 g/mol. The van der Waals surface area contributed by atoms with E-state index in [1.807, 2.05) is 30.8 Å². The summed E-state index contributed by atoms with van der Waals surface area (Å²) in [5.74, 6) is 0.505. The zero-order chi connectivity index (χ0) is 15.4. The zero-order valence-corrected chi connectivity index (χ0v) is 13.3. The first-order chi connectivity index (χ1) is 10.0. The number of nitrogens with zero attached hydrogens (tertiary/aromatic N) is 1. The van der Waals surface area contributed by atoms with E-state index in [9.17, 15) is 4.79 Å². The van der Waals surface area contributed by atoms with Crippen molar-refractivity contribution in [2.75, 3.05) is 7.05 Å². The van der Waals surface area contributed by atoms with E-state index in [2.05, 4.69) is 42.7 Å². The Kier molecular flexibility index (Phi) is 5.02. The quantitative estimate of drug-likeness (QED) is 0.857. The molecule has 4 nitrogen and oxygen atoms in total. The largest absolute Gasteiger partial charge is 0.352 e. The van der Waals surface area contributed by atoms with Crippen molar-refractivity contribution in [2.45, 2.75) is 39.9 Å². The number of hydrogen-bond donors (Lipinski definition) is 2. The molecule has 0 aliphatic heterocycles. The summed E-state index contributed by atoms with van der Waals surface area (Å²) in [7, 11) is 1.94. The Labute approximate surface area is 126 Å². The van der Waals surface area contributed by atoms with Crippen LogP contribution in [0.4, 0.5) is 0 Å². The number of amides is 1. The standard InChI is InChI=1S/C17H25N3O/c1-12(2)13(3)19-17(21)11-20-9-8-15-14(10-18-4)6-5-7-16(15)20/h5-9,12-13,18H,10-11H2,1-4H3,(H,19,21). The van der Waals surface area contributed by atoms with Crippen LogP contribution < -0.4 is 10.6 Å². The molecule has 0 bridgehead atoms. The molecule has 0 radical (unpaired) electrons. The monoisotopic (exact) mass is 287 g/mol. The fourth-order valence-corrected chi connectivity index (χ4v) is 2.39. The molecule has 1 amide bonds. The second-order valence-electron chi connectivity index (χ2n) is 5.92. The Bertz CT molecular complexity index is 616. The summed E-state index contributed by atoms with van der Waals surface area (Å²) in [6.45, 7) is 7.46. The van der Waals surface area contributed by atoms with Gasteiger partial charge in [0.2, 0.25) is 5.91 Å². The lowest BCUT2D eigenvalue weighted by Gasteiger charge is -2.17. The predicted octanol–water partition coefficient (Wildman–Crippen LogP) is 2.52. The van der Waals surface area contributed by atoms with Crippen LogP contribution in [0.2, 0.25) is 0 Å². The molecule has 1 aromatic carbocycles. The van der Waals surface area contributed by atoms with Crippen LogP contribution in [0, 0.1) is 5.92 Å². The van der Waals surface area contributed by atoms with Crippen molar-refractivity contribution >= 4 is 16.8 Å². The van der Waals surface area contributed by atoms with Crippen molar-refractivity contribution < 1.29 is 4.79 Å². The summed E-state index contributed by atoms with van der Waals surface area (Å²) in [5, 5.41) is 7.43. The van der Waals surface area contributed by atoms with E-state index in [1.165, 1.54) is 10.9 Å². The number of benzene rings is 1. The maximum absolute atomic E-state index is 12.1. The lowest BCUT2D eigenvalue weighted by molar-refractivity contribution is -0.122. The van der Waals surface area contributed by atoms with Gasteiger partial charge in [-0.05, 0) is 37.6 Å². The van der Waals surface area contributed by atoms with Crippen LogP contribution in [-0.4, -0.2) is 23.6 Å². The Hall–Kier alpha value is -1.81. The van der Waals surface area contributed by atoms with E-state index in [-0.39, 0.29) is 11.9 Å². The molecule has 114 valence electrons. The minimum absolute atomic E-state index is 0.0627. The summed E-state index contributed by atoms with van der Waals surface area (Å²) in [6, 6.07) is 8.50. The van der Waals surface area contributed by atoms with Crippen molar-refractivity contribution in [3.8, 4) is 0 Å². The van der Waals surface area contributed by atoms with Crippen molar-refractivity contribution in [1.29, 1.82) is 0 Å². The number of fused-ring (bicyclic) bond motifs is 1. The molecule has 1 aromatic heterocycles. The molecular weight excluding hydrogens is 262 g/mol. The molecular formula is C17H25N3O. The lowest BCUT2D eigenvalue weighted by atomic mass is 10.1. The number of carbonyl (C=O) groups excluding carboxylic acids is 1. The van der Waals surface area contributed by atoms with Crippen molar-refractivity contribution in [3.63, 3.8) is 0 Å². The molecule has 4 heteroatoms. The number of aromatic nitrogens is 1. The lowest BCUT2D eigenvalue weighted by Crippen LogP contribution is -2.38. The minimum Gasteiger partial charge on any atom is -0.352 e. The van der Waals surface area contributed by atoms with Crippen LogP contribution in [0.5, 0.6) is 0 Å². The molecule has 0 fully saturated rings. The van der Waals surface area contributed by atoms with E-state index >= 15 is 0 Å². The summed E-state index contributed by atoms with van der Waals surface area (Å²) in [6.07, 6.45) is 1.99. The summed E-state index contributed by atoms with van der Waals surface area (Å²) >= 11 is 0. The first-order valence-corrected chi connectivity index (χ1v) is 7.53. The highest BCUT2D eigenvalue weighted by Gasteiger charge is 2.12. The third kappa shape index (κ3) is 3.64. The van der Waals surface area contributed by atoms with Crippen LogP contribution in [0.3, 0.4) is 0 Å². The third-order valence-corrected chi connectivity index (χ3v) is 3.97. The second kappa shape index (κ2) is 6.76. The molecule has 0 aliphatic carbocycles. The van der Waals surface area contributed by atoms with Gasteiger partial charge < -0.3 is 15.2 Å². The van der Waals surface area contributed by atoms with E-state index in [4.69, 9.17) is 0 Å². The molecule has 1 unspecified atom stereocenters. The Morgan fingerprint density at radius 2 is 2.00 bits per heavy atom. The van der Waals surface area contributed by atoms with Gasteiger partial charge in [0.25, 0.3) is 0 Å². The molecule has 0 saturated carbocycles. The highest BCUT2D eigenvalue weighted by Crippen LogP contribution is 2.20. The Morgan fingerprint density at radius 1 is 1.24 bits per heavy atom. The predicted molar refractivity (Wildman–Crippen MR) is 87.1 cm³/mol. The van der Waals surface area contributed by atoms with Gasteiger partial charge in [-0.2, -0.15) is 0 Å². The van der Waals surface area contributed by atoms with E-state index in [0.29, 0.717) is 12.5 Å². The van der Waals surface area contributed by atoms with Crippen LogP contribution in [-0.2, 0) is 17.9 Å². The molecule has 0 saturated heterocycles. The van der Waals surface area contributed by atoms with Crippen molar-refractivity contribution in [3.05, 3.63) is 36.0 Å². The van der Waals surface area contributed by atoms with Gasteiger partial charge in [-0.1, -0.05) is 26.0 Å². The Balaban J connectivity index is 2.16. The molecule has 2 rings (SSSR count). The second-order valence-corrected chi connectivity index (χ2v) is 5.92. The van der Waals surface area contributed by atoms with Crippen molar-refractivity contribution in [2.24, 2.45) is 5.92 Å². The van der Waals surface area contributed by atoms with Gasteiger partial charge in [0.15, 0.2) is 0 Å².